The van der Waals surface area contributed by atoms with Gasteiger partial charge in [0, 0.05) is 35.5 Å². The van der Waals surface area contributed by atoms with Gasteiger partial charge >= 0.3 is 0 Å². The van der Waals surface area contributed by atoms with Crippen molar-refractivity contribution in [3.8, 4) is 5.69 Å². The average Bonchev–Trinajstić information content (AvgIpc) is 3.41. The Morgan fingerprint density at radius 2 is 1.94 bits per heavy atom. The molecule has 1 saturated carbocycles. The third-order valence-electron chi connectivity index (χ3n) is 6.25. The fraction of sp³-hybridized carbons (Fsp3) is 0.360. The molecule has 1 fully saturated rings. The van der Waals surface area contributed by atoms with E-state index < -0.39 is 0 Å². The third-order valence-corrected chi connectivity index (χ3v) is 7.45. The second-order valence-electron chi connectivity index (χ2n) is 8.47. The number of aryl methyl sites for hydroxylation is 1. The van der Waals surface area contributed by atoms with Crippen molar-refractivity contribution in [2.75, 3.05) is 0 Å². The predicted molar refractivity (Wildman–Crippen MR) is 125 cm³/mol. The molecule has 1 aliphatic carbocycles. The molecule has 1 aliphatic rings. The van der Waals surface area contributed by atoms with Gasteiger partial charge in [-0.25, -0.2) is 9.97 Å². The van der Waals surface area contributed by atoms with Gasteiger partial charge in [-0.15, -0.1) is 11.3 Å². The first kappa shape index (κ1) is 20.1. The molecule has 5 rings (SSSR count). The Labute approximate surface area is 185 Å². The van der Waals surface area contributed by atoms with Crippen molar-refractivity contribution in [2.24, 2.45) is 11.8 Å². The molecule has 0 unspecified atom stereocenters. The van der Waals surface area contributed by atoms with Crippen LogP contribution >= 0.6 is 11.3 Å². The second-order valence-corrected chi connectivity index (χ2v) is 9.64. The molecule has 0 aliphatic heterocycles. The lowest BCUT2D eigenvalue weighted by Gasteiger charge is -2.11. The number of pyridine rings is 2. The topological polar surface area (TPSA) is 60.7 Å². The van der Waals surface area contributed by atoms with E-state index in [9.17, 15) is 4.79 Å². The van der Waals surface area contributed by atoms with Crippen molar-refractivity contribution < 1.29 is 0 Å². The molecule has 2 atom stereocenters. The van der Waals surface area contributed by atoms with Crippen LogP contribution in [0.3, 0.4) is 0 Å². The summed E-state index contributed by atoms with van der Waals surface area (Å²) >= 11 is 1.80. The van der Waals surface area contributed by atoms with Crippen LogP contribution in [0.4, 0.5) is 0 Å². The highest BCUT2D eigenvalue weighted by molar-refractivity contribution is 7.18. The van der Waals surface area contributed by atoms with Crippen LogP contribution in [0.15, 0.2) is 59.8 Å². The normalized spacial score (nSPS) is 18.6. The monoisotopic (exact) mass is 430 g/mol. The van der Waals surface area contributed by atoms with E-state index in [1.807, 2.05) is 18.3 Å². The molecule has 0 saturated heterocycles. The van der Waals surface area contributed by atoms with Crippen LogP contribution in [0, 0.1) is 11.8 Å². The molecule has 6 heteroatoms. The standard InChI is InChI=1S/C25H26N4OS/c1-2-21-14-22-23(31-21)16-27-24(28-22)13-18-7-6-17(11-18)12-19-8-9-20(15-26-19)29-10-4-3-5-25(29)30/h3-5,8-10,14-18H,2,6-7,11-13H2,1H3/t17-,18-/m0/s1. The van der Waals surface area contributed by atoms with E-state index in [-0.39, 0.29) is 5.56 Å². The zero-order valence-electron chi connectivity index (χ0n) is 17.7. The Balaban J connectivity index is 1.20. The van der Waals surface area contributed by atoms with Crippen LogP contribution in [0.25, 0.3) is 15.9 Å². The maximum Gasteiger partial charge on any atom is 0.255 e. The summed E-state index contributed by atoms with van der Waals surface area (Å²) in [5.41, 5.74) is 2.97. The van der Waals surface area contributed by atoms with Gasteiger partial charge in [0.2, 0.25) is 0 Å². The summed E-state index contributed by atoms with van der Waals surface area (Å²) in [5, 5.41) is 0. The lowest BCUT2D eigenvalue weighted by atomic mass is 9.97. The smallest absolute Gasteiger partial charge is 0.255 e. The third kappa shape index (κ3) is 4.44. The van der Waals surface area contributed by atoms with Crippen molar-refractivity contribution in [1.82, 2.24) is 19.5 Å². The molecule has 4 aromatic rings. The summed E-state index contributed by atoms with van der Waals surface area (Å²) in [4.78, 5) is 27.4. The molecule has 4 aromatic heterocycles. The minimum absolute atomic E-state index is 0.0375. The first-order chi connectivity index (χ1) is 15.2. The highest BCUT2D eigenvalue weighted by atomic mass is 32.1. The predicted octanol–water partition coefficient (Wildman–Crippen LogP) is 5.00. The van der Waals surface area contributed by atoms with Crippen LogP contribution in [0.1, 0.15) is 42.6 Å². The SMILES string of the molecule is CCc1cc2nc(C[C@H]3CC[C@H](Cc4ccc(-n5ccccc5=O)cn4)C3)ncc2s1. The highest BCUT2D eigenvalue weighted by Gasteiger charge is 2.26. The lowest BCUT2D eigenvalue weighted by Crippen LogP contribution is -2.15. The molecule has 158 valence electrons. The maximum atomic E-state index is 12.0. The zero-order valence-corrected chi connectivity index (χ0v) is 18.5. The Bertz CT molecular complexity index is 1240. The van der Waals surface area contributed by atoms with Crippen LogP contribution in [-0.2, 0) is 19.3 Å². The molecule has 0 aromatic carbocycles. The van der Waals surface area contributed by atoms with Crippen LogP contribution in [0.5, 0.6) is 0 Å². The van der Waals surface area contributed by atoms with E-state index in [0.717, 1.165) is 42.0 Å². The number of fused-ring (bicyclic) bond motifs is 1. The van der Waals surface area contributed by atoms with E-state index in [1.165, 1.54) is 28.8 Å². The van der Waals surface area contributed by atoms with Crippen molar-refractivity contribution in [3.63, 3.8) is 0 Å². The molecule has 0 amide bonds. The fourth-order valence-electron chi connectivity index (χ4n) is 4.62. The van der Waals surface area contributed by atoms with Gasteiger partial charge in [-0.1, -0.05) is 13.0 Å². The van der Waals surface area contributed by atoms with Crippen LogP contribution in [-0.4, -0.2) is 19.5 Å². The Kier molecular flexibility index (Phi) is 5.64. The van der Waals surface area contributed by atoms with Gasteiger partial charge in [0.05, 0.1) is 22.1 Å². The van der Waals surface area contributed by atoms with E-state index in [4.69, 9.17) is 4.98 Å². The Morgan fingerprint density at radius 3 is 2.71 bits per heavy atom. The zero-order chi connectivity index (χ0) is 21.2. The van der Waals surface area contributed by atoms with E-state index >= 15 is 0 Å². The second kappa shape index (κ2) is 8.71. The fourth-order valence-corrected chi connectivity index (χ4v) is 5.54. The van der Waals surface area contributed by atoms with Crippen molar-refractivity contribution >= 4 is 21.6 Å². The van der Waals surface area contributed by atoms with Crippen molar-refractivity contribution in [2.45, 2.75) is 45.4 Å². The van der Waals surface area contributed by atoms with Gasteiger partial charge < -0.3 is 0 Å². The molecule has 0 bridgehead atoms. The van der Waals surface area contributed by atoms with Crippen molar-refractivity contribution in [1.29, 1.82) is 0 Å². The minimum Gasteiger partial charge on any atom is -0.283 e. The quantitative estimate of drug-likeness (QED) is 0.432. The molecule has 5 nitrogen and oxygen atoms in total. The first-order valence-corrected chi connectivity index (χ1v) is 11.9. The Hall–Kier alpha value is -2.86. The van der Waals surface area contributed by atoms with Gasteiger partial charge in [0.1, 0.15) is 5.82 Å². The summed E-state index contributed by atoms with van der Waals surface area (Å²) in [7, 11) is 0. The number of rotatable bonds is 6. The largest absolute Gasteiger partial charge is 0.283 e. The van der Waals surface area contributed by atoms with Gasteiger partial charge in [0.15, 0.2) is 0 Å². The van der Waals surface area contributed by atoms with Crippen LogP contribution in [0.2, 0.25) is 0 Å². The molecular weight excluding hydrogens is 404 g/mol. The summed E-state index contributed by atoms with van der Waals surface area (Å²) < 4.78 is 2.81. The van der Waals surface area contributed by atoms with E-state index in [0.29, 0.717) is 11.8 Å². The van der Waals surface area contributed by atoms with Gasteiger partial charge in [-0.05, 0) is 68.2 Å². The lowest BCUT2D eigenvalue weighted by molar-refractivity contribution is 0.477. The average molecular weight is 431 g/mol. The summed E-state index contributed by atoms with van der Waals surface area (Å²) in [5.74, 6) is 2.28. The number of aromatic nitrogens is 4. The molecule has 0 spiro atoms. The van der Waals surface area contributed by atoms with Gasteiger partial charge in [-0.3, -0.25) is 14.3 Å². The van der Waals surface area contributed by atoms with Gasteiger partial charge in [-0.2, -0.15) is 0 Å². The number of nitrogens with zero attached hydrogens (tertiary/aromatic N) is 4. The highest BCUT2D eigenvalue weighted by Crippen LogP contribution is 2.35. The summed E-state index contributed by atoms with van der Waals surface area (Å²) in [6, 6.07) is 11.4. The van der Waals surface area contributed by atoms with E-state index in [2.05, 4.69) is 29.0 Å². The number of hydrogen-bond acceptors (Lipinski definition) is 5. The molecule has 31 heavy (non-hydrogen) atoms. The maximum absolute atomic E-state index is 12.0. The van der Waals surface area contributed by atoms with Crippen molar-refractivity contribution in [3.05, 3.63) is 81.7 Å². The van der Waals surface area contributed by atoms with Gasteiger partial charge in [0.25, 0.3) is 5.56 Å². The Morgan fingerprint density at radius 1 is 1.06 bits per heavy atom. The number of thiophene rings is 1. The molecular formula is C25H26N4OS. The minimum atomic E-state index is -0.0375. The van der Waals surface area contributed by atoms with Crippen LogP contribution < -0.4 is 5.56 Å². The first-order valence-electron chi connectivity index (χ1n) is 11.0. The van der Waals surface area contributed by atoms with E-state index in [1.54, 1.807) is 40.4 Å². The molecule has 0 radical (unpaired) electrons. The molecule has 4 heterocycles. The molecule has 0 N–H and O–H groups in total. The summed E-state index contributed by atoms with van der Waals surface area (Å²) in [6.07, 6.45) is 12.2. The number of hydrogen-bond donors (Lipinski definition) is 0. The summed E-state index contributed by atoms with van der Waals surface area (Å²) in [6.45, 7) is 2.18.